The minimum Gasteiger partial charge on any atom is -0.480 e. The zero-order valence-electron chi connectivity index (χ0n) is 10.5. The van der Waals surface area contributed by atoms with Gasteiger partial charge in [0.25, 0.3) is 5.91 Å². The Morgan fingerprint density at radius 3 is 2.56 bits per heavy atom. The monoisotopic (exact) mass is 270 g/mol. The molecule has 1 aromatic heterocycles. The number of hydrogen-bond donors (Lipinski definition) is 1. The molecule has 0 spiro atoms. The quantitative estimate of drug-likeness (QED) is 0.850. The van der Waals surface area contributed by atoms with Gasteiger partial charge in [-0.25, -0.2) is 9.78 Å². The van der Waals surface area contributed by atoms with Crippen LogP contribution in [0.3, 0.4) is 0 Å². The van der Waals surface area contributed by atoms with Gasteiger partial charge in [0.05, 0.1) is 5.56 Å². The van der Waals surface area contributed by atoms with Crippen molar-refractivity contribution in [2.75, 3.05) is 6.54 Å². The molecule has 98 valence electrons. The summed E-state index contributed by atoms with van der Waals surface area (Å²) in [6.07, 6.45) is 1.47. The van der Waals surface area contributed by atoms with Gasteiger partial charge in [0.2, 0.25) is 0 Å². The van der Waals surface area contributed by atoms with Crippen LogP contribution in [0.2, 0.25) is 5.15 Å². The lowest BCUT2D eigenvalue weighted by Crippen LogP contribution is -2.53. The fourth-order valence-corrected chi connectivity index (χ4v) is 1.80. The maximum absolute atomic E-state index is 12.3. The Balaban J connectivity index is 3.16. The fourth-order valence-electron chi connectivity index (χ4n) is 1.60. The Morgan fingerprint density at radius 1 is 1.50 bits per heavy atom. The average Bonchev–Trinajstić information content (AvgIpc) is 2.29. The predicted molar refractivity (Wildman–Crippen MR) is 67.7 cm³/mol. The molecule has 6 heteroatoms. The molecule has 0 aliphatic carbocycles. The molecule has 0 saturated heterocycles. The summed E-state index contributed by atoms with van der Waals surface area (Å²) < 4.78 is 0. The van der Waals surface area contributed by atoms with E-state index in [4.69, 9.17) is 16.7 Å². The van der Waals surface area contributed by atoms with Gasteiger partial charge in [-0.1, -0.05) is 11.6 Å². The summed E-state index contributed by atoms with van der Waals surface area (Å²) >= 11 is 5.84. The molecular weight excluding hydrogens is 256 g/mol. The van der Waals surface area contributed by atoms with Crippen molar-refractivity contribution >= 4 is 23.5 Å². The van der Waals surface area contributed by atoms with Crippen LogP contribution < -0.4 is 0 Å². The van der Waals surface area contributed by atoms with Crippen molar-refractivity contribution < 1.29 is 14.7 Å². The van der Waals surface area contributed by atoms with E-state index in [0.717, 1.165) is 0 Å². The van der Waals surface area contributed by atoms with E-state index < -0.39 is 17.4 Å². The Hall–Kier alpha value is -1.62. The number of hydrogen-bond acceptors (Lipinski definition) is 3. The van der Waals surface area contributed by atoms with Crippen molar-refractivity contribution in [2.24, 2.45) is 0 Å². The first-order valence-corrected chi connectivity index (χ1v) is 5.86. The molecule has 0 radical (unpaired) electrons. The molecule has 1 N–H and O–H groups in total. The van der Waals surface area contributed by atoms with Crippen LogP contribution in [0.4, 0.5) is 0 Å². The number of nitrogens with zero attached hydrogens (tertiary/aromatic N) is 2. The first-order valence-electron chi connectivity index (χ1n) is 5.48. The number of aliphatic carboxylic acids is 1. The van der Waals surface area contributed by atoms with Crippen molar-refractivity contribution in [1.82, 2.24) is 9.88 Å². The van der Waals surface area contributed by atoms with E-state index in [0.29, 0.717) is 0 Å². The van der Waals surface area contributed by atoms with Crippen molar-refractivity contribution in [3.8, 4) is 0 Å². The molecule has 1 rings (SSSR count). The number of carbonyl (C=O) groups excluding carboxylic acids is 1. The van der Waals surface area contributed by atoms with Crippen LogP contribution in [0.25, 0.3) is 0 Å². The topological polar surface area (TPSA) is 70.5 Å². The summed E-state index contributed by atoms with van der Waals surface area (Å²) in [4.78, 5) is 28.5. The Kier molecular flexibility index (Phi) is 4.29. The van der Waals surface area contributed by atoms with E-state index in [1.165, 1.54) is 31.0 Å². The number of pyridine rings is 1. The molecule has 0 atom stereocenters. The highest BCUT2D eigenvalue weighted by Gasteiger charge is 2.37. The third-order valence-corrected chi connectivity index (χ3v) is 3.05. The minimum absolute atomic E-state index is 0.0714. The zero-order valence-corrected chi connectivity index (χ0v) is 11.2. The van der Waals surface area contributed by atoms with Gasteiger partial charge in [0.1, 0.15) is 10.7 Å². The highest BCUT2D eigenvalue weighted by molar-refractivity contribution is 6.32. The lowest BCUT2D eigenvalue weighted by molar-refractivity contribution is -0.147. The number of carboxylic acids is 1. The molecule has 1 amide bonds. The highest BCUT2D eigenvalue weighted by atomic mass is 35.5. The van der Waals surface area contributed by atoms with Gasteiger partial charge < -0.3 is 10.0 Å². The zero-order chi connectivity index (χ0) is 13.9. The second kappa shape index (κ2) is 5.35. The summed E-state index contributed by atoms with van der Waals surface area (Å²) in [6.45, 7) is 4.93. The molecule has 0 fully saturated rings. The molecule has 5 nitrogen and oxygen atoms in total. The number of rotatable bonds is 4. The van der Waals surface area contributed by atoms with Gasteiger partial charge in [-0.15, -0.1) is 0 Å². The van der Waals surface area contributed by atoms with Gasteiger partial charge in [-0.2, -0.15) is 0 Å². The summed E-state index contributed by atoms with van der Waals surface area (Å²) in [5.74, 6) is -1.51. The van der Waals surface area contributed by atoms with Crippen LogP contribution in [0, 0.1) is 0 Å². The van der Waals surface area contributed by atoms with Crippen LogP contribution in [-0.2, 0) is 4.79 Å². The summed E-state index contributed by atoms with van der Waals surface area (Å²) in [5, 5.41) is 9.24. The third kappa shape index (κ3) is 2.61. The maximum atomic E-state index is 12.3. The number of carbonyl (C=O) groups is 2. The molecule has 0 unspecified atom stereocenters. The highest BCUT2D eigenvalue weighted by Crippen LogP contribution is 2.21. The van der Waals surface area contributed by atoms with E-state index >= 15 is 0 Å². The van der Waals surface area contributed by atoms with E-state index in [1.807, 2.05) is 0 Å². The molecule has 0 aliphatic heterocycles. The van der Waals surface area contributed by atoms with Crippen LogP contribution in [0.5, 0.6) is 0 Å². The van der Waals surface area contributed by atoms with Crippen LogP contribution in [-0.4, -0.2) is 39.0 Å². The van der Waals surface area contributed by atoms with Crippen LogP contribution in [0.1, 0.15) is 31.1 Å². The fraction of sp³-hybridized carbons (Fsp3) is 0.417. The molecule has 0 saturated carbocycles. The Morgan fingerprint density at radius 2 is 2.11 bits per heavy atom. The average molecular weight is 271 g/mol. The Bertz CT molecular complexity index is 474. The van der Waals surface area contributed by atoms with Gasteiger partial charge in [0.15, 0.2) is 0 Å². The lowest BCUT2D eigenvalue weighted by atomic mass is 10.0. The largest absolute Gasteiger partial charge is 0.480 e. The summed E-state index contributed by atoms with van der Waals surface area (Å²) in [6, 6.07) is 3.11. The van der Waals surface area contributed by atoms with Crippen molar-refractivity contribution in [3.63, 3.8) is 0 Å². The second-order valence-electron chi connectivity index (χ2n) is 4.26. The lowest BCUT2D eigenvalue weighted by Gasteiger charge is -2.34. The number of amides is 1. The van der Waals surface area contributed by atoms with E-state index in [9.17, 15) is 9.59 Å². The summed E-state index contributed by atoms with van der Waals surface area (Å²) in [7, 11) is 0. The van der Waals surface area contributed by atoms with Crippen molar-refractivity contribution in [3.05, 3.63) is 29.0 Å². The molecule has 0 bridgehead atoms. The van der Waals surface area contributed by atoms with Gasteiger partial charge in [0, 0.05) is 12.7 Å². The first kappa shape index (κ1) is 14.4. The van der Waals surface area contributed by atoms with Gasteiger partial charge >= 0.3 is 5.97 Å². The standard InChI is InChI=1S/C12H15ClN2O3/c1-4-15(12(2,3)11(17)18)10(16)8-6-5-7-14-9(8)13/h5-7H,4H2,1-3H3,(H,17,18). The molecule has 1 heterocycles. The van der Waals surface area contributed by atoms with Crippen LogP contribution >= 0.6 is 11.6 Å². The molecule has 18 heavy (non-hydrogen) atoms. The third-order valence-electron chi connectivity index (χ3n) is 2.75. The number of halogens is 1. The molecule has 0 aliphatic rings. The molecule has 1 aromatic rings. The Labute approximate surface area is 110 Å². The SMILES string of the molecule is CCN(C(=O)c1cccnc1Cl)C(C)(C)C(=O)O. The summed E-state index contributed by atoms with van der Waals surface area (Å²) in [5.41, 5.74) is -1.10. The maximum Gasteiger partial charge on any atom is 0.329 e. The number of carboxylic acid groups (broad SMARTS) is 1. The number of likely N-dealkylation sites (N-methyl/N-ethyl adjacent to an activating group) is 1. The minimum atomic E-state index is -1.30. The van der Waals surface area contributed by atoms with Crippen molar-refractivity contribution in [1.29, 1.82) is 0 Å². The van der Waals surface area contributed by atoms with Gasteiger partial charge in [-0.05, 0) is 32.9 Å². The van der Waals surface area contributed by atoms with Gasteiger partial charge in [-0.3, -0.25) is 4.79 Å². The normalized spacial score (nSPS) is 11.1. The second-order valence-corrected chi connectivity index (χ2v) is 4.61. The smallest absolute Gasteiger partial charge is 0.329 e. The molecule has 0 aromatic carbocycles. The van der Waals surface area contributed by atoms with E-state index in [1.54, 1.807) is 13.0 Å². The van der Waals surface area contributed by atoms with Crippen LogP contribution in [0.15, 0.2) is 18.3 Å². The van der Waals surface area contributed by atoms with E-state index in [2.05, 4.69) is 4.98 Å². The number of aromatic nitrogens is 1. The first-order chi connectivity index (χ1) is 8.32. The van der Waals surface area contributed by atoms with E-state index in [-0.39, 0.29) is 17.3 Å². The predicted octanol–water partition coefficient (Wildman–Crippen LogP) is 2.06. The van der Waals surface area contributed by atoms with Crippen molar-refractivity contribution in [2.45, 2.75) is 26.3 Å². The molecular formula is C12H15ClN2O3.